The molecule has 3 N–H and O–H groups in total. The third kappa shape index (κ3) is 1.96. The van der Waals surface area contributed by atoms with E-state index in [1.165, 1.54) is 18.4 Å². The molecule has 0 radical (unpaired) electrons. The van der Waals surface area contributed by atoms with E-state index in [4.69, 9.17) is 5.73 Å². The number of nitrogens with two attached hydrogens (primary N) is 1. The molecule has 0 amide bonds. The lowest BCUT2D eigenvalue weighted by atomic mass is 9.90. The minimum atomic E-state index is 0.517. The molecule has 4 nitrogen and oxygen atoms in total. The van der Waals surface area contributed by atoms with Crippen molar-refractivity contribution in [1.29, 1.82) is 0 Å². The van der Waals surface area contributed by atoms with Crippen LogP contribution < -0.4 is 11.1 Å². The topological polar surface area (TPSA) is 55.9 Å². The maximum Gasteiger partial charge on any atom is 0.0524 e. The molecule has 1 aromatic heterocycles. The highest BCUT2D eigenvalue weighted by atomic mass is 15.2. The Bertz CT molecular complexity index is 286. The van der Waals surface area contributed by atoms with Gasteiger partial charge in [-0.1, -0.05) is 0 Å². The van der Waals surface area contributed by atoms with E-state index < -0.39 is 0 Å². The Balaban J connectivity index is 1.95. The molecular formula is C10H18N4. The number of piperidine rings is 1. The second kappa shape index (κ2) is 4.11. The second-order valence-electron chi connectivity index (χ2n) is 4.06. The second-order valence-corrected chi connectivity index (χ2v) is 4.06. The fourth-order valence-electron chi connectivity index (χ4n) is 2.05. The highest BCUT2D eigenvalue weighted by Gasteiger charge is 2.21. The van der Waals surface area contributed by atoms with Gasteiger partial charge in [0.15, 0.2) is 0 Å². The van der Waals surface area contributed by atoms with Crippen LogP contribution >= 0.6 is 0 Å². The number of hydrogen-bond donors (Lipinski definition) is 2. The van der Waals surface area contributed by atoms with Gasteiger partial charge in [-0.3, -0.25) is 4.68 Å². The first-order chi connectivity index (χ1) is 6.79. The Kier molecular flexibility index (Phi) is 2.84. The molecule has 14 heavy (non-hydrogen) atoms. The van der Waals surface area contributed by atoms with Crippen molar-refractivity contribution in [2.75, 3.05) is 13.1 Å². The van der Waals surface area contributed by atoms with Crippen LogP contribution in [0, 0.1) is 0 Å². The van der Waals surface area contributed by atoms with Crippen LogP contribution in [-0.4, -0.2) is 28.9 Å². The zero-order valence-electron chi connectivity index (χ0n) is 8.61. The van der Waals surface area contributed by atoms with E-state index >= 15 is 0 Å². The Morgan fingerprint density at radius 2 is 2.50 bits per heavy atom. The third-order valence-corrected chi connectivity index (χ3v) is 3.00. The highest BCUT2D eigenvalue weighted by molar-refractivity contribution is 5.13. The van der Waals surface area contributed by atoms with Gasteiger partial charge in [0.1, 0.15) is 0 Å². The van der Waals surface area contributed by atoms with Crippen molar-refractivity contribution in [3.05, 3.63) is 18.0 Å². The summed E-state index contributed by atoms with van der Waals surface area (Å²) in [5, 5.41) is 7.66. The summed E-state index contributed by atoms with van der Waals surface area (Å²) in [6, 6.07) is 0.517. The maximum atomic E-state index is 5.61. The van der Waals surface area contributed by atoms with Gasteiger partial charge in [-0.25, -0.2) is 0 Å². The molecule has 1 aromatic rings. The number of aryl methyl sites for hydroxylation is 1. The predicted molar refractivity (Wildman–Crippen MR) is 56.0 cm³/mol. The molecular weight excluding hydrogens is 176 g/mol. The van der Waals surface area contributed by atoms with Crippen molar-refractivity contribution in [3.8, 4) is 0 Å². The molecule has 2 rings (SSSR count). The summed E-state index contributed by atoms with van der Waals surface area (Å²) in [4.78, 5) is 0. The van der Waals surface area contributed by atoms with Gasteiger partial charge in [0.25, 0.3) is 0 Å². The first kappa shape index (κ1) is 9.68. The van der Waals surface area contributed by atoms with Crippen molar-refractivity contribution in [2.45, 2.75) is 24.8 Å². The van der Waals surface area contributed by atoms with E-state index in [-0.39, 0.29) is 0 Å². The van der Waals surface area contributed by atoms with Crippen molar-refractivity contribution in [1.82, 2.24) is 15.1 Å². The van der Waals surface area contributed by atoms with E-state index in [2.05, 4.69) is 16.6 Å². The molecule has 1 fully saturated rings. The van der Waals surface area contributed by atoms with E-state index in [1.807, 2.05) is 17.9 Å². The zero-order chi connectivity index (χ0) is 9.97. The standard InChI is InChI=1S/C10H18N4/c1-14-7-9(6-13-14)8-2-3-10(4-11)12-5-8/h6-8,10,12H,2-5,11H2,1H3. The van der Waals surface area contributed by atoms with E-state index in [9.17, 15) is 0 Å². The number of nitrogens with zero attached hydrogens (tertiary/aromatic N) is 2. The molecule has 1 saturated heterocycles. The van der Waals surface area contributed by atoms with Gasteiger partial charge in [0, 0.05) is 32.4 Å². The van der Waals surface area contributed by atoms with E-state index in [1.54, 1.807) is 0 Å². The Hall–Kier alpha value is -0.870. The Labute approximate surface area is 84.5 Å². The summed E-state index contributed by atoms with van der Waals surface area (Å²) >= 11 is 0. The van der Waals surface area contributed by atoms with Crippen molar-refractivity contribution in [3.63, 3.8) is 0 Å². The van der Waals surface area contributed by atoms with Crippen LogP contribution in [0.2, 0.25) is 0 Å². The molecule has 0 spiro atoms. The van der Waals surface area contributed by atoms with Gasteiger partial charge in [0.2, 0.25) is 0 Å². The molecule has 78 valence electrons. The lowest BCUT2D eigenvalue weighted by Crippen LogP contribution is -2.42. The van der Waals surface area contributed by atoms with E-state index in [0.29, 0.717) is 12.0 Å². The zero-order valence-corrected chi connectivity index (χ0v) is 8.61. The average molecular weight is 194 g/mol. The quantitative estimate of drug-likeness (QED) is 0.708. The highest BCUT2D eigenvalue weighted by Crippen LogP contribution is 2.24. The van der Waals surface area contributed by atoms with Gasteiger partial charge < -0.3 is 11.1 Å². The lowest BCUT2D eigenvalue weighted by molar-refractivity contribution is 0.371. The molecule has 2 unspecified atom stereocenters. The normalized spacial score (nSPS) is 27.9. The van der Waals surface area contributed by atoms with Gasteiger partial charge in [-0.15, -0.1) is 0 Å². The summed E-state index contributed by atoms with van der Waals surface area (Å²) in [5.74, 6) is 0.617. The minimum absolute atomic E-state index is 0.517. The molecule has 1 aliphatic rings. The summed E-state index contributed by atoms with van der Waals surface area (Å²) in [5.41, 5.74) is 6.96. The maximum absolute atomic E-state index is 5.61. The summed E-state index contributed by atoms with van der Waals surface area (Å²) in [6.45, 7) is 1.79. The number of rotatable bonds is 2. The van der Waals surface area contributed by atoms with Crippen LogP contribution in [0.1, 0.15) is 24.3 Å². The molecule has 2 atom stereocenters. The lowest BCUT2D eigenvalue weighted by Gasteiger charge is -2.28. The van der Waals surface area contributed by atoms with Crippen LogP contribution in [0.15, 0.2) is 12.4 Å². The van der Waals surface area contributed by atoms with Gasteiger partial charge >= 0.3 is 0 Å². The fraction of sp³-hybridized carbons (Fsp3) is 0.700. The fourth-order valence-corrected chi connectivity index (χ4v) is 2.05. The Morgan fingerprint density at radius 3 is 3.00 bits per heavy atom. The SMILES string of the molecule is Cn1cc(C2CCC(CN)NC2)cn1. The van der Waals surface area contributed by atoms with Crippen molar-refractivity contribution < 1.29 is 0 Å². The van der Waals surface area contributed by atoms with Crippen LogP contribution in [0.4, 0.5) is 0 Å². The summed E-state index contributed by atoms with van der Waals surface area (Å²) in [7, 11) is 1.96. The summed E-state index contributed by atoms with van der Waals surface area (Å²) < 4.78 is 1.87. The van der Waals surface area contributed by atoms with Gasteiger partial charge in [-0.2, -0.15) is 5.10 Å². The number of aromatic nitrogens is 2. The first-order valence-electron chi connectivity index (χ1n) is 5.21. The van der Waals surface area contributed by atoms with Crippen LogP contribution in [-0.2, 0) is 7.05 Å². The predicted octanol–water partition coefficient (Wildman–Crippen LogP) is 0.214. The average Bonchev–Trinajstić information content (AvgIpc) is 2.65. The molecule has 0 aliphatic carbocycles. The largest absolute Gasteiger partial charge is 0.329 e. The molecule has 0 bridgehead atoms. The van der Waals surface area contributed by atoms with Crippen LogP contribution in [0.3, 0.4) is 0 Å². The number of hydrogen-bond acceptors (Lipinski definition) is 3. The molecule has 0 aromatic carbocycles. The Morgan fingerprint density at radius 1 is 1.64 bits per heavy atom. The van der Waals surface area contributed by atoms with E-state index in [0.717, 1.165) is 13.1 Å². The van der Waals surface area contributed by atoms with Crippen LogP contribution in [0.25, 0.3) is 0 Å². The third-order valence-electron chi connectivity index (χ3n) is 3.00. The first-order valence-corrected chi connectivity index (χ1v) is 5.21. The smallest absolute Gasteiger partial charge is 0.0524 e. The minimum Gasteiger partial charge on any atom is -0.329 e. The molecule has 4 heteroatoms. The van der Waals surface area contributed by atoms with Gasteiger partial charge in [-0.05, 0) is 24.3 Å². The van der Waals surface area contributed by atoms with Crippen molar-refractivity contribution >= 4 is 0 Å². The molecule has 2 heterocycles. The van der Waals surface area contributed by atoms with Crippen LogP contribution in [0.5, 0.6) is 0 Å². The molecule has 0 saturated carbocycles. The summed E-state index contributed by atoms with van der Waals surface area (Å²) in [6.07, 6.45) is 6.47. The van der Waals surface area contributed by atoms with Gasteiger partial charge in [0.05, 0.1) is 6.20 Å². The number of nitrogens with one attached hydrogen (secondary N) is 1. The molecule has 1 aliphatic heterocycles. The van der Waals surface area contributed by atoms with Crippen molar-refractivity contribution in [2.24, 2.45) is 12.8 Å². The monoisotopic (exact) mass is 194 g/mol.